The lowest BCUT2D eigenvalue weighted by molar-refractivity contribution is -0.215. The number of halogens is 1. The maximum atomic E-state index is 15.6. The molecular weight excluding hydrogens is 452 g/mol. The van der Waals surface area contributed by atoms with Crippen LogP contribution >= 0.6 is 7.82 Å². The molecule has 0 saturated carbocycles. The number of amides is 2. The van der Waals surface area contributed by atoms with Gasteiger partial charge in [-0.2, -0.15) is 0 Å². The van der Waals surface area contributed by atoms with Crippen LogP contribution in [-0.2, 0) is 13.8 Å². The first-order valence-electron chi connectivity index (χ1n) is 10.4. The van der Waals surface area contributed by atoms with Crippen molar-refractivity contribution in [3.8, 4) is 11.5 Å². The number of hydrogen-bond acceptors (Lipinski definition) is 7. The number of nitrogens with one attached hydrogen (secondary N) is 1. The van der Waals surface area contributed by atoms with Gasteiger partial charge in [0, 0.05) is 12.6 Å². The van der Waals surface area contributed by atoms with Crippen molar-refractivity contribution in [2.75, 3.05) is 6.61 Å². The van der Waals surface area contributed by atoms with Crippen molar-refractivity contribution in [2.45, 2.75) is 38.5 Å². The van der Waals surface area contributed by atoms with Gasteiger partial charge in [0.15, 0.2) is 0 Å². The molecule has 0 saturated heterocycles. The number of phosphoric acid groups is 1. The summed E-state index contributed by atoms with van der Waals surface area (Å²) >= 11 is 0. The SMILES string of the molecule is CC[C@@](F)(COP(=O)(Oc1ccccc1)Oc1ccccc1)OC(C)N1C=CC(N)NC1=O. The van der Waals surface area contributed by atoms with Gasteiger partial charge in [0.1, 0.15) is 24.3 Å². The van der Waals surface area contributed by atoms with Gasteiger partial charge < -0.3 is 24.8 Å². The summed E-state index contributed by atoms with van der Waals surface area (Å²) in [5, 5.41) is 2.48. The van der Waals surface area contributed by atoms with Gasteiger partial charge in [-0.05, 0) is 37.3 Å². The molecule has 0 aromatic heterocycles. The molecule has 0 aliphatic carbocycles. The van der Waals surface area contributed by atoms with Crippen LogP contribution in [0.25, 0.3) is 0 Å². The second-order valence-electron chi connectivity index (χ2n) is 7.21. The lowest BCUT2D eigenvalue weighted by Gasteiger charge is -2.35. The van der Waals surface area contributed by atoms with Gasteiger partial charge in [-0.1, -0.05) is 43.3 Å². The molecule has 0 fully saturated rings. The van der Waals surface area contributed by atoms with Crippen LogP contribution in [0, 0.1) is 0 Å². The number of nitrogens with zero attached hydrogens (tertiary/aromatic N) is 1. The Morgan fingerprint density at radius 3 is 2.15 bits per heavy atom. The van der Waals surface area contributed by atoms with Crippen molar-refractivity contribution in [1.29, 1.82) is 0 Å². The van der Waals surface area contributed by atoms with Gasteiger partial charge in [0.2, 0.25) is 5.85 Å². The molecule has 2 aromatic carbocycles. The Kier molecular flexibility index (Phi) is 8.10. The lowest BCUT2D eigenvalue weighted by atomic mass is 10.2. The van der Waals surface area contributed by atoms with E-state index in [2.05, 4.69) is 5.32 Å². The number of benzene rings is 2. The second-order valence-corrected chi connectivity index (χ2v) is 8.72. The van der Waals surface area contributed by atoms with Gasteiger partial charge in [0.05, 0.1) is 6.17 Å². The number of carbonyl (C=O) groups excluding carboxylic acids is 1. The number of ether oxygens (including phenoxy) is 1. The Morgan fingerprint density at radius 1 is 1.12 bits per heavy atom. The summed E-state index contributed by atoms with van der Waals surface area (Å²) in [5.74, 6) is -1.96. The van der Waals surface area contributed by atoms with E-state index in [0.717, 1.165) is 4.90 Å². The van der Waals surface area contributed by atoms with Crippen LogP contribution in [-0.4, -0.2) is 35.8 Å². The summed E-state index contributed by atoms with van der Waals surface area (Å²) in [5.41, 5.74) is 5.62. The number of phosphoric ester groups is 1. The molecule has 3 rings (SSSR count). The van der Waals surface area contributed by atoms with Gasteiger partial charge in [-0.15, -0.1) is 0 Å². The van der Waals surface area contributed by atoms with Gasteiger partial charge in [-0.25, -0.2) is 13.8 Å². The molecule has 1 aliphatic rings. The highest BCUT2D eigenvalue weighted by Crippen LogP contribution is 2.50. The van der Waals surface area contributed by atoms with Crippen molar-refractivity contribution < 1.29 is 32.1 Å². The largest absolute Gasteiger partial charge is 0.587 e. The van der Waals surface area contributed by atoms with Crippen LogP contribution in [0.1, 0.15) is 20.3 Å². The first-order valence-corrected chi connectivity index (χ1v) is 11.8. The van der Waals surface area contributed by atoms with Crippen LogP contribution in [0.15, 0.2) is 72.9 Å². The highest BCUT2D eigenvalue weighted by Gasteiger charge is 2.40. The van der Waals surface area contributed by atoms with Gasteiger partial charge >= 0.3 is 13.9 Å². The Bertz CT molecular complexity index is 951. The van der Waals surface area contributed by atoms with E-state index in [4.69, 9.17) is 24.0 Å². The summed E-state index contributed by atoms with van der Waals surface area (Å²) in [7, 11) is -4.31. The van der Waals surface area contributed by atoms with E-state index < -0.39 is 38.7 Å². The topological polar surface area (TPSA) is 112 Å². The maximum Gasteiger partial charge on any atom is 0.587 e. The standard InChI is InChI=1S/C22H27FN3O6P/c1-3-22(23,30-17(2)26-15-14-20(24)25-21(26)27)16-29-33(28,31-18-10-6-4-7-11-18)32-19-12-8-5-9-13-19/h4-15,17,20H,3,16,24H2,1-2H3,(H,25,27)/t17?,20?,22-/m0/s1. The fraction of sp³-hybridized carbons (Fsp3) is 0.318. The maximum absolute atomic E-state index is 15.6. The van der Waals surface area contributed by atoms with Crippen LogP contribution in [0.2, 0.25) is 0 Å². The first-order chi connectivity index (χ1) is 15.7. The van der Waals surface area contributed by atoms with Crippen molar-refractivity contribution in [3.63, 3.8) is 0 Å². The predicted molar refractivity (Wildman–Crippen MR) is 120 cm³/mol. The van der Waals surface area contributed by atoms with E-state index in [1.807, 2.05) is 0 Å². The zero-order valence-electron chi connectivity index (χ0n) is 18.3. The van der Waals surface area contributed by atoms with E-state index in [1.54, 1.807) is 60.7 Å². The zero-order valence-corrected chi connectivity index (χ0v) is 19.2. The molecule has 178 valence electrons. The number of urea groups is 1. The van der Waals surface area contributed by atoms with E-state index >= 15 is 4.39 Å². The van der Waals surface area contributed by atoms with Crippen LogP contribution in [0.3, 0.4) is 0 Å². The van der Waals surface area contributed by atoms with E-state index in [0.29, 0.717) is 0 Å². The van der Waals surface area contributed by atoms with Crippen LogP contribution < -0.4 is 20.1 Å². The highest BCUT2D eigenvalue weighted by molar-refractivity contribution is 7.49. The van der Waals surface area contributed by atoms with E-state index in [1.165, 1.54) is 26.1 Å². The Morgan fingerprint density at radius 2 is 1.67 bits per heavy atom. The smallest absolute Gasteiger partial charge is 0.395 e. The molecule has 1 heterocycles. The Balaban J connectivity index is 1.73. The van der Waals surface area contributed by atoms with Crippen molar-refractivity contribution in [1.82, 2.24) is 10.2 Å². The molecule has 0 bridgehead atoms. The monoisotopic (exact) mass is 479 g/mol. The molecule has 2 unspecified atom stereocenters. The van der Waals surface area contributed by atoms with Crippen LogP contribution in [0.4, 0.5) is 9.18 Å². The number of rotatable bonds is 11. The summed E-state index contributed by atoms with van der Waals surface area (Å²) in [6.45, 7) is 2.24. The summed E-state index contributed by atoms with van der Waals surface area (Å²) in [4.78, 5) is 13.3. The summed E-state index contributed by atoms with van der Waals surface area (Å²) in [6.07, 6.45) is 1.13. The predicted octanol–water partition coefficient (Wildman–Crippen LogP) is 4.53. The number of alkyl halides is 1. The van der Waals surface area contributed by atoms with Gasteiger partial charge in [-0.3, -0.25) is 9.42 Å². The minimum Gasteiger partial charge on any atom is -0.395 e. The molecule has 3 atom stereocenters. The van der Waals surface area contributed by atoms with E-state index in [-0.39, 0.29) is 17.9 Å². The third kappa shape index (κ3) is 7.03. The molecule has 2 amide bonds. The summed E-state index contributed by atoms with van der Waals surface area (Å²) in [6, 6.07) is 16.0. The van der Waals surface area contributed by atoms with E-state index in [9.17, 15) is 9.36 Å². The Labute approximate surface area is 191 Å². The molecule has 11 heteroatoms. The Hall–Kier alpha value is -2.91. The fourth-order valence-corrected chi connectivity index (χ4v) is 4.11. The average Bonchev–Trinajstić information content (AvgIpc) is 2.79. The van der Waals surface area contributed by atoms with Crippen molar-refractivity contribution in [2.24, 2.45) is 5.73 Å². The van der Waals surface area contributed by atoms with Crippen molar-refractivity contribution in [3.05, 3.63) is 72.9 Å². The lowest BCUT2D eigenvalue weighted by Crippen LogP contribution is -2.54. The second kappa shape index (κ2) is 10.8. The third-order valence-electron chi connectivity index (χ3n) is 4.64. The average molecular weight is 479 g/mol. The zero-order chi connectivity index (χ0) is 23.9. The van der Waals surface area contributed by atoms with Gasteiger partial charge in [0.25, 0.3) is 0 Å². The number of hydrogen-bond donors (Lipinski definition) is 2. The molecule has 0 spiro atoms. The molecule has 3 N–H and O–H groups in total. The summed E-state index contributed by atoms with van der Waals surface area (Å²) < 4.78 is 50.8. The molecular formula is C22H27FN3O6P. The van der Waals surface area contributed by atoms with Crippen molar-refractivity contribution >= 4 is 13.9 Å². The number of para-hydroxylation sites is 2. The molecule has 0 radical (unpaired) electrons. The fourth-order valence-electron chi connectivity index (χ4n) is 2.85. The minimum atomic E-state index is -4.31. The molecule has 1 aliphatic heterocycles. The number of carbonyl (C=O) groups is 1. The quantitative estimate of drug-likeness (QED) is 0.455. The normalized spacial score (nSPS) is 18.8. The third-order valence-corrected chi connectivity index (χ3v) is 5.95. The molecule has 33 heavy (non-hydrogen) atoms. The van der Waals surface area contributed by atoms with Crippen LogP contribution in [0.5, 0.6) is 11.5 Å². The highest BCUT2D eigenvalue weighted by atomic mass is 31.2. The number of nitrogens with two attached hydrogens (primary N) is 1. The minimum absolute atomic E-state index is 0.160. The molecule has 9 nitrogen and oxygen atoms in total. The first kappa shape index (κ1) is 24.7. The molecule has 2 aromatic rings.